The summed E-state index contributed by atoms with van der Waals surface area (Å²) >= 11 is 5.52. The minimum absolute atomic E-state index is 0.0604. The van der Waals surface area contributed by atoms with Crippen molar-refractivity contribution in [3.8, 4) is 11.5 Å². The van der Waals surface area contributed by atoms with Gasteiger partial charge in [0.2, 0.25) is 5.89 Å². The van der Waals surface area contributed by atoms with E-state index in [4.69, 9.17) is 16.0 Å². The third-order valence-corrected chi connectivity index (χ3v) is 3.32. The second-order valence-corrected chi connectivity index (χ2v) is 5.01. The predicted octanol–water partition coefficient (Wildman–Crippen LogP) is 4.12. The SMILES string of the molecule is CCCNC(CC)c1nnc(-c2cc(F)c(Cl)cc2F)o1. The highest BCUT2D eigenvalue weighted by molar-refractivity contribution is 6.30. The fourth-order valence-electron chi connectivity index (χ4n) is 1.90. The molecule has 0 spiro atoms. The fourth-order valence-corrected chi connectivity index (χ4v) is 2.05. The van der Waals surface area contributed by atoms with Crippen LogP contribution in [-0.4, -0.2) is 16.7 Å². The van der Waals surface area contributed by atoms with Crippen LogP contribution >= 0.6 is 11.6 Å². The average molecular weight is 316 g/mol. The molecule has 1 aromatic carbocycles. The first-order valence-corrected chi connectivity index (χ1v) is 7.16. The van der Waals surface area contributed by atoms with Gasteiger partial charge in [-0.05, 0) is 31.5 Å². The van der Waals surface area contributed by atoms with Gasteiger partial charge in [0.25, 0.3) is 5.89 Å². The minimum atomic E-state index is -0.732. The molecule has 0 fully saturated rings. The highest BCUT2D eigenvalue weighted by Gasteiger charge is 2.20. The van der Waals surface area contributed by atoms with Crippen LogP contribution in [0.25, 0.3) is 11.5 Å². The molecule has 1 atom stereocenters. The van der Waals surface area contributed by atoms with E-state index in [1.807, 2.05) is 13.8 Å². The molecule has 1 unspecified atom stereocenters. The van der Waals surface area contributed by atoms with Gasteiger partial charge in [0.05, 0.1) is 16.6 Å². The Balaban J connectivity index is 2.29. The maximum atomic E-state index is 13.8. The summed E-state index contributed by atoms with van der Waals surface area (Å²) in [7, 11) is 0. The molecule has 0 aliphatic carbocycles. The minimum Gasteiger partial charge on any atom is -0.419 e. The molecule has 114 valence electrons. The summed E-state index contributed by atoms with van der Waals surface area (Å²) < 4.78 is 32.7. The maximum Gasteiger partial charge on any atom is 0.250 e. The van der Waals surface area contributed by atoms with E-state index in [-0.39, 0.29) is 22.5 Å². The number of nitrogens with one attached hydrogen (secondary N) is 1. The molecule has 0 saturated heterocycles. The average Bonchev–Trinajstić information content (AvgIpc) is 2.93. The Kier molecular flexibility index (Phi) is 5.25. The largest absolute Gasteiger partial charge is 0.419 e. The van der Waals surface area contributed by atoms with Crippen molar-refractivity contribution in [1.82, 2.24) is 15.5 Å². The summed E-state index contributed by atoms with van der Waals surface area (Å²) in [6, 6.07) is 1.74. The van der Waals surface area contributed by atoms with Crippen LogP contribution in [0, 0.1) is 11.6 Å². The van der Waals surface area contributed by atoms with Crippen molar-refractivity contribution in [1.29, 1.82) is 0 Å². The van der Waals surface area contributed by atoms with Gasteiger partial charge in [-0.3, -0.25) is 0 Å². The smallest absolute Gasteiger partial charge is 0.250 e. The lowest BCUT2D eigenvalue weighted by Gasteiger charge is -2.11. The zero-order valence-corrected chi connectivity index (χ0v) is 12.5. The summed E-state index contributed by atoms with van der Waals surface area (Å²) in [6.07, 6.45) is 1.72. The molecule has 1 N–H and O–H groups in total. The number of hydrogen-bond donors (Lipinski definition) is 1. The van der Waals surface area contributed by atoms with Gasteiger partial charge in [-0.1, -0.05) is 25.4 Å². The Morgan fingerprint density at radius 2 is 2.00 bits per heavy atom. The molecule has 7 heteroatoms. The normalized spacial score (nSPS) is 12.6. The van der Waals surface area contributed by atoms with Gasteiger partial charge in [-0.15, -0.1) is 10.2 Å². The topological polar surface area (TPSA) is 51.0 Å². The highest BCUT2D eigenvalue weighted by atomic mass is 35.5. The van der Waals surface area contributed by atoms with E-state index in [1.165, 1.54) is 0 Å². The Hall–Kier alpha value is -1.53. The molecule has 0 aliphatic heterocycles. The Morgan fingerprint density at radius 1 is 1.24 bits per heavy atom. The number of aromatic nitrogens is 2. The van der Waals surface area contributed by atoms with E-state index >= 15 is 0 Å². The Labute approximate surface area is 126 Å². The van der Waals surface area contributed by atoms with Gasteiger partial charge < -0.3 is 9.73 Å². The molecule has 0 amide bonds. The number of halogens is 3. The lowest BCUT2D eigenvalue weighted by molar-refractivity contribution is 0.395. The van der Waals surface area contributed by atoms with Gasteiger partial charge >= 0.3 is 0 Å². The van der Waals surface area contributed by atoms with Crippen LogP contribution < -0.4 is 5.32 Å². The van der Waals surface area contributed by atoms with Gasteiger partial charge in [0.15, 0.2) is 0 Å². The molecule has 0 radical (unpaired) electrons. The van der Waals surface area contributed by atoms with Crippen molar-refractivity contribution in [3.05, 3.63) is 34.7 Å². The van der Waals surface area contributed by atoms with Gasteiger partial charge in [0.1, 0.15) is 11.6 Å². The van der Waals surface area contributed by atoms with Crippen LogP contribution in [0.4, 0.5) is 8.78 Å². The van der Waals surface area contributed by atoms with E-state index < -0.39 is 11.6 Å². The van der Waals surface area contributed by atoms with E-state index in [0.717, 1.165) is 31.5 Å². The quantitative estimate of drug-likeness (QED) is 0.815. The summed E-state index contributed by atoms with van der Waals surface area (Å²) in [5.74, 6) is -1.14. The predicted molar refractivity (Wildman–Crippen MR) is 76.0 cm³/mol. The van der Waals surface area contributed by atoms with Crippen molar-refractivity contribution in [2.24, 2.45) is 0 Å². The molecule has 1 heterocycles. The zero-order chi connectivity index (χ0) is 15.4. The molecule has 2 rings (SSSR count). The molecule has 4 nitrogen and oxygen atoms in total. The molecule has 0 bridgehead atoms. The van der Waals surface area contributed by atoms with Crippen molar-refractivity contribution in [2.75, 3.05) is 6.54 Å². The van der Waals surface area contributed by atoms with Crippen molar-refractivity contribution >= 4 is 11.6 Å². The van der Waals surface area contributed by atoms with Crippen LogP contribution in [0.15, 0.2) is 16.5 Å². The second-order valence-electron chi connectivity index (χ2n) is 4.61. The first-order valence-electron chi connectivity index (χ1n) is 6.78. The third-order valence-electron chi connectivity index (χ3n) is 3.03. The monoisotopic (exact) mass is 315 g/mol. The lowest BCUT2D eigenvalue weighted by atomic mass is 10.2. The summed E-state index contributed by atoms with van der Waals surface area (Å²) in [5, 5.41) is 10.7. The number of benzene rings is 1. The number of nitrogens with zero attached hydrogens (tertiary/aromatic N) is 2. The van der Waals surface area contributed by atoms with Crippen LogP contribution in [-0.2, 0) is 0 Å². The molecule has 0 saturated carbocycles. The van der Waals surface area contributed by atoms with Crippen LogP contribution in [0.1, 0.15) is 38.6 Å². The van der Waals surface area contributed by atoms with Crippen molar-refractivity contribution < 1.29 is 13.2 Å². The van der Waals surface area contributed by atoms with Crippen LogP contribution in [0.3, 0.4) is 0 Å². The third kappa shape index (κ3) is 3.57. The van der Waals surface area contributed by atoms with Gasteiger partial charge in [0, 0.05) is 0 Å². The molecule has 1 aromatic heterocycles. The molecule has 2 aromatic rings. The Morgan fingerprint density at radius 3 is 2.67 bits per heavy atom. The highest BCUT2D eigenvalue weighted by Crippen LogP contribution is 2.28. The van der Waals surface area contributed by atoms with Crippen LogP contribution in [0.5, 0.6) is 0 Å². The lowest BCUT2D eigenvalue weighted by Crippen LogP contribution is -2.21. The van der Waals surface area contributed by atoms with E-state index in [9.17, 15) is 8.78 Å². The van der Waals surface area contributed by atoms with Gasteiger partial charge in [-0.25, -0.2) is 8.78 Å². The van der Waals surface area contributed by atoms with Crippen molar-refractivity contribution in [3.63, 3.8) is 0 Å². The molecule has 21 heavy (non-hydrogen) atoms. The summed E-state index contributed by atoms with van der Waals surface area (Å²) in [4.78, 5) is 0. The number of hydrogen-bond acceptors (Lipinski definition) is 4. The number of rotatable bonds is 6. The second kappa shape index (κ2) is 6.95. The van der Waals surface area contributed by atoms with E-state index in [2.05, 4.69) is 15.5 Å². The molecule has 0 aliphatic rings. The fraction of sp³-hybridized carbons (Fsp3) is 0.429. The van der Waals surface area contributed by atoms with E-state index in [0.29, 0.717) is 5.89 Å². The van der Waals surface area contributed by atoms with Crippen molar-refractivity contribution in [2.45, 2.75) is 32.7 Å². The Bertz CT molecular complexity index is 618. The van der Waals surface area contributed by atoms with Crippen LogP contribution in [0.2, 0.25) is 5.02 Å². The van der Waals surface area contributed by atoms with Gasteiger partial charge in [-0.2, -0.15) is 0 Å². The van der Waals surface area contributed by atoms with E-state index in [1.54, 1.807) is 0 Å². The summed E-state index contributed by atoms with van der Waals surface area (Å²) in [6.45, 7) is 4.82. The standard InChI is InChI=1S/C14H16ClF2N3O/c1-3-5-18-12(4-2)14-20-19-13(21-14)8-6-11(17)9(15)7-10(8)16/h6-7,12,18H,3-5H2,1-2H3. The molecular formula is C14H16ClF2N3O. The maximum absolute atomic E-state index is 13.8. The first kappa shape index (κ1) is 15.9. The summed E-state index contributed by atoms with van der Waals surface area (Å²) in [5.41, 5.74) is -0.0963. The zero-order valence-electron chi connectivity index (χ0n) is 11.8. The first-order chi connectivity index (χ1) is 10.1. The molecular weight excluding hydrogens is 300 g/mol.